The lowest BCUT2D eigenvalue weighted by Crippen LogP contribution is -1.96. The molecule has 0 atom stereocenters. The van der Waals surface area contributed by atoms with Gasteiger partial charge in [0.1, 0.15) is 5.75 Å². The molecule has 0 aliphatic carbocycles. The highest BCUT2D eigenvalue weighted by molar-refractivity contribution is 5.86. The third-order valence-electron chi connectivity index (χ3n) is 2.05. The average molecular weight is 219 g/mol. The molecule has 0 saturated heterocycles. The molecule has 0 spiro atoms. The lowest BCUT2D eigenvalue weighted by Gasteiger charge is -1.99. The fourth-order valence-corrected chi connectivity index (χ4v) is 1.29. The first-order valence-corrected chi connectivity index (χ1v) is 4.56. The monoisotopic (exact) mass is 219 g/mol. The summed E-state index contributed by atoms with van der Waals surface area (Å²) < 4.78 is 4.82. The minimum Gasteiger partial charge on any atom is -0.508 e. The van der Waals surface area contributed by atoms with Gasteiger partial charge in [0.15, 0.2) is 6.29 Å². The number of nitrogens with zero attached hydrogens (tertiary/aromatic N) is 2. The van der Waals surface area contributed by atoms with Crippen LogP contribution in [-0.2, 0) is 6.54 Å². The summed E-state index contributed by atoms with van der Waals surface area (Å²) in [5, 5.41) is 13.0. The predicted octanol–water partition coefficient (Wildman–Crippen LogP) is 0.713. The van der Waals surface area contributed by atoms with Gasteiger partial charge in [-0.2, -0.15) is 4.98 Å². The van der Waals surface area contributed by atoms with E-state index in [2.05, 4.69) is 10.1 Å². The molecule has 0 aliphatic heterocycles. The summed E-state index contributed by atoms with van der Waals surface area (Å²) >= 11 is 0. The molecular formula is C10H9N3O3. The number of nitrogens with two attached hydrogens (primary N) is 1. The summed E-state index contributed by atoms with van der Waals surface area (Å²) in [5.74, 6) is 0.536. The van der Waals surface area contributed by atoms with Crippen LogP contribution in [-0.4, -0.2) is 21.5 Å². The highest BCUT2D eigenvalue weighted by Crippen LogP contribution is 2.24. The molecule has 16 heavy (non-hydrogen) atoms. The van der Waals surface area contributed by atoms with Gasteiger partial charge in [0.25, 0.3) is 0 Å². The number of hydrogen-bond donors (Lipinski definition) is 2. The van der Waals surface area contributed by atoms with Crippen LogP contribution < -0.4 is 5.73 Å². The van der Waals surface area contributed by atoms with E-state index in [1.165, 1.54) is 18.2 Å². The average Bonchev–Trinajstić information content (AvgIpc) is 2.77. The Kier molecular flexibility index (Phi) is 2.65. The number of rotatable bonds is 3. The smallest absolute Gasteiger partial charge is 0.240 e. The van der Waals surface area contributed by atoms with E-state index < -0.39 is 0 Å². The summed E-state index contributed by atoms with van der Waals surface area (Å²) in [6, 6.07) is 4.29. The zero-order valence-corrected chi connectivity index (χ0v) is 8.25. The normalized spacial score (nSPS) is 10.3. The first kappa shape index (κ1) is 10.3. The van der Waals surface area contributed by atoms with E-state index in [-0.39, 0.29) is 24.0 Å². The molecule has 6 heteroatoms. The van der Waals surface area contributed by atoms with Gasteiger partial charge < -0.3 is 15.4 Å². The van der Waals surface area contributed by atoms with E-state index >= 15 is 0 Å². The van der Waals surface area contributed by atoms with Crippen molar-refractivity contribution < 1.29 is 14.4 Å². The van der Waals surface area contributed by atoms with Gasteiger partial charge in [-0.3, -0.25) is 4.79 Å². The van der Waals surface area contributed by atoms with Crippen LogP contribution in [0.5, 0.6) is 5.75 Å². The molecule has 6 nitrogen and oxygen atoms in total. The molecule has 0 radical (unpaired) electrons. The maximum absolute atomic E-state index is 10.8. The number of phenolic OH excluding ortho intramolecular Hbond substituents is 1. The molecule has 0 bridgehead atoms. The molecule has 0 unspecified atom stereocenters. The standard InChI is InChI=1S/C10H9N3O3/c11-4-9-12-10(13-16-9)8-3-7(15)2-1-6(8)5-14/h1-3,5,15H,4,11H2. The maximum atomic E-state index is 10.8. The molecule has 2 rings (SSSR count). The van der Waals surface area contributed by atoms with Gasteiger partial charge in [0, 0.05) is 11.1 Å². The Morgan fingerprint density at radius 2 is 2.31 bits per heavy atom. The Bertz CT molecular complexity index is 522. The van der Waals surface area contributed by atoms with E-state index in [1.54, 1.807) is 0 Å². The molecule has 0 saturated carbocycles. The summed E-state index contributed by atoms with van der Waals surface area (Å²) in [6.45, 7) is 0.127. The van der Waals surface area contributed by atoms with Gasteiger partial charge in [-0.1, -0.05) is 5.16 Å². The molecule has 1 heterocycles. The minimum atomic E-state index is 0.0275. The van der Waals surface area contributed by atoms with Crippen molar-refractivity contribution in [2.24, 2.45) is 5.73 Å². The van der Waals surface area contributed by atoms with Crippen LogP contribution in [0.25, 0.3) is 11.4 Å². The fraction of sp³-hybridized carbons (Fsp3) is 0.100. The second-order valence-electron chi connectivity index (χ2n) is 3.11. The number of carbonyl (C=O) groups excluding carboxylic acids is 1. The second-order valence-corrected chi connectivity index (χ2v) is 3.11. The molecule has 0 fully saturated rings. The number of hydrogen-bond acceptors (Lipinski definition) is 6. The molecular weight excluding hydrogens is 210 g/mol. The van der Waals surface area contributed by atoms with E-state index in [0.717, 1.165) is 0 Å². The van der Waals surface area contributed by atoms with Crippen molar-refractivity contribution in [1.29, 1.82) is 0 Å². The molecule has 1 aromatic carbocycles. The van der Waals surface area contributed by atoms with Crippen molar-refractivity contribution in [2.45, 2.75) is 6.54 Å². The molecule has 0 aliphatic rings. The van der Waals surface area contributed by atoms with E-state index in [9.17, 15) is 9.90 Å². The van der Waals surface area contributed by atoms with Crippen molar-refractivity contribution in [1.82, 2.24) is 10.1 Å². The topological polar surface area (TPSA) is 102 Å². The Labute approximate surface area is 90.7 Å². The van der Waals surface area contributed by atoms with Crippen LogP contribution in [0.1, 0.15) is 16.2 Å². The molecule has 3 N–H and O–H groups in total. The lowest BCUT2D eigenvalue weighted by atomic mass is 10.1. The molecule has 2 aromatic rings. The number of carbonyl (C=O) groups is 1. The minimum absolute atomic E-state index is 0.0275. The number of aldehydes is 1. The lowest BCUT2D eigenvalue weighted by molar-refractivity contribution is 0.112. The third-order valence-corrected chi connectivity index (χ3v) is 2.05. The Hall–Kier alpha value is -2.21. The summed E-state index contributed by atoms with van der Waals surface area (Å²) in [5.41, 5.74) is 6.12. The number of phenols is 1. The van der Waals surface area contributed by atoms with Crippen LogP contribution in [0.2, 0.25) is 0 Å². The summed E-state index contributed by atoms with van der Waals surface area (Å²) in [6.07, 6.45) is 0.660. The van der Waals surface area contributed by atoms with E-state index in [1.807, 2.05) is 0 Å². The quantitative estimate of drug-likeness (QED) is 0.737. The Morgan fingerprint density at radius 1 is 1.50 bits per heavy atom. The maximum Gasteiger partial charge on any atom is 0.240 e. The number of benzene rings is 1. The highest BCUT2D eigenvalue weighted by atomic mass is 16.5. The molecule has 82 valence electrons. The molecule has 0 amide bonds. The Morgan fingerprint density at radius 3 is 2.94 bits per heavy atom. The van der Waals surface area contributed by atoms with Crippen LogP contribution in [0.15, 0.2) is 22.7 Å². The van der Waals surface area contributed by atoms with Crippen LogP contribution in [0, 0.1) is 0 Å². The fourth-order valence-electron chi connectivity index (χ4n) is 1.29. The van der Waals surface area contributed by atoms with Crippen molar-refractivity contribution in [3.63, 3.8) is 0 Å². The van der Waals surface area contributed by atoms with Gasteiger partial charge in [0.2, 0.25) is 11.7 Å². The second kappa shape index (κ2) is 4.11. The van der Waals surface area contributed by atoms with E-state index in [0.29, 0.717) is 17.4 Å². The van der Waals surface area contributed by atoms with Gasteiger partial charge in [-0.05, 0) is 18.2 Å². The molecule has 1 aromatic heterocycles. The van der Waals surface area contributed by atoms with Crippen molar-refractivity contribution >= 4 is 6.29 Å². The first-order chi connectivity index (χ1) is 7.74. The van der Waals surface area contributed by atoms with Crippen LogP contribution in [0.3, 0.4) is 0 Å². The zero-order valence-electron chi connectivity index (χ0n) is 8.25. The van der Waals surface area contributed by atoms with Crippen molar-refractivity contribution in [3.8, 4) is 17.1 Å². The van der Waals surface area contributed by atoms with Crippen molar-refractivity contribution in [3.05, 3.63) is 29.7 Å². The summed E-state index contributed by atoms with van der Waals surface area (Å²) in [7, 11) is 0. The predicted molar refractivity (Wildman–Crippen MR) is 54.7 cm³/mol. The van der Waals surface area contributed by atoms with Gasteiger partial charge in [-0.15, -0.1) is 0 Å². The first-order valence-electron chi connectivity index (χ1n) is 4.56. The van der Waals surface area contributed by atoms with Crippen LogP contribution in [0.4, 0.5) is 0 Å². The van der Waals surface area contributed by atoms with Crippen molar-refractivity contribution in [2.75, 3.05) is 0 Å². The van der Waals surface area contributed by atoms with E-state index in [4.69, 9.17) is 10.3 Å². The number of aromatic nitrogens is 2. The number of aromatic hydroxyl groups is 1. The van der Waals surface area contributed by atoms with Gasteiger partial charge in [0.05, 0.1) is 6.54 Å². The van der Waals surface area contributed by atoms with Gasteiger partial charge >= 0.3 is 0 Å². The van der Waals surface area contributed by atoms with Gasteiger partial charge in [-0.25, -0.2) is 0 Å². The van der Waals surface area contributed by atoms with Crippen LogP contribution >= 0.6 is 0 Å². The Balaban J connectivity index is 2.53. The third kappa shape index (κ3) is 1.78. The zero-order chi connectivity index (χ0) is 11.5. The SMILES string of the molecule is NCc1nc(-c2cc(O)ccc2C=O)no1. The largest absolute Gasteiger partial charge is 0.508 e. The summed E-state index contributed by atoms with van der Waals surface area (Å²) in [4.78, 5) is 14.8. The highest BCUT2D eigenvalue weighted by Gasteiger charge is 2.12.